The third-order valence-electron chi connectivity index (χ3n) is 4.84. The zero-order valence-electron chi connectivity index (χ0n) is 14.3. The number of carbonyl (C=O) groups is 1. The maximum atomic E-state index is 12.2. The Kier molecular flexibility index (Phi) is 5.52. The number of amides is 1. The van der Waals surface area contributed by atoms with Crippen LogP contribution < -0.4 is 10.1 Å². The van der Waals surface area contributed by atoms with Gasteiger partial charge in [-0.1, -0.05) is 36.4 Å². The molecule has 0 bridgehead atoms. The van der Waals surface area contributed by atoms with E-state index in [1.54, 1.807) is 7.11 Å². The lowest BCUT2D eigenvalue weighted by Gasteiger charge is -2.25. The van der Waals surface area contributed by atoms with E-state index in [1.165, 1.54) is 17.5 Å². The summed E-state index contributed by atoms with van der Waals surface area (Å²) in [6.45, 7) is 0.748. The van der Waals surface area contributed by atoms with Gasteiger partial charge in [-0.25, -0.2) is 0 Å². The predicted octanol–water partition coefficient (Wildman–Crippen LogP) is 3.86. The Labute approximate surface area is 144 Å². The van der Waals surface area contributed by atoms with Gasteiger partial charge in [0.15, 0.2) is 0 Å². The van der Waals surface area contributed by atoms with Crippen LogP contribution in [0.3, 0.4) is 0 Å². The maximum absolute atomic E-state index is 12.2. The van der Waals surface area contributed by atoms with Crippen molar-refractivity contribution >= 4 is 5.91 Å². The van der Waals surface area contributed by atoms with Gasteiger partial charge in [-0.05, 0) is 54.5 Å². The number of benzene rings is 2. The summed E-state index contributed by atoms with van der Waals surface area (Å²) in [7, 11) is 1.66. The molecule has 2 aromatic carbocycles. The van der Waals surface area contributed by atoms with Crippen molar-refractivity contribution < 1.29 is 9.53 Å². The van der Waals surface area contributed by atoms with Crippen molar-refractivity contribution in [2.75, 3.05) is 13.7 Å². The van der Waals surface area contributed by atoms with E-state index in [4.69, 9.17) is 4.74 Å². The number of carbonyl (C=O) groups excluding carboxylic acids is 1. The Balaban J connectivity index is 1.47. The molecule has 1 N–H and O–H groups in total. The van der Waals surface area contributed by atoms with Crippen LogP contribution in [-0.4, -0.2) is 19.6 Å². The van der Waals surface area contributed by atoms with Crippen LogP contribution in [0, 0.1) is 0 Å². The summed E-state index contributed by atoms with van der Waals surface area (Å²) in [6.07, 6.45) is 4.83. The Morgan fingerprint density at radius 1 is 1.17 bits per heavy atom. The fourth-order valence-electron chi connectivity index (χ4n) is 3.44. The Bertz CT molecular complexity index is 678. The second kappa shape index (κ2) is 8.00. The summed E-state index contributed by atoms with van der Waals surface area (Å²) >= 11 is 0. The van der Waals surface area contributed by atoms with Crippen molar-refractivity contribution in [2.45, 2.75) is 38.0 Å². The van der Waals surface area contributed by atoms with Gasteiger partial charge in [0.1, 0.15) is 5.75 Å². The first kappa shape index (κ1) is 16.6. The molecule has 0 aliphatic heterocycles. The molecule has 2 aromatic rings. The molecule has 1 atom stereocenters. The summed E-state index contributed by atoms with van der Waals surface area (Å²) in [4.78, 5) is 12.2. The second-order valence-electron chi connectivity index (χ2n) is 6.44. The third kappa shape index (κ3) is 4.16. The minimum Gasteiger partial charge on any atom is -0.497 e. The molecule has 1 amide bonds. The summed E-state index contributed by atoms with van der Waals surface area (Å²) < 4.78 is 5.15. The van der Waals surface area contributed by atoms with Gasteiger partial charge in [0, 0.05) is 18.9 Å². The van der Waals surface area contributed by atoms with E-state index in [0.29, 0.717) is 12.3 Å². The van der Waals surface area contributed by atoms with E-state index in [9.17, 15) is 4.79 Å². The van der Waals surface area contributed by atoms with Crippen molar-refractivity contribution in [3.05, 3.63) is 65.2 Å². The molecule has 0 spiro atoms. The lowest BCUT2D eigenvalue weighted by molar-refractivity contribution is -0.121. The summed E-state index contributed by atoms with van der Waals surface area (Å²) in [5.41, 5.74) is 4.02. The highest BCUT2D eigenvalue weighted by Gasteiger charge is 2.20. The molecule has 1 aliphatic rings. The maximum Gasteiger partial charge on any atom is 0.220 e. The molecular formula is C21H25NO2. The summed E-state index contributed by atoms with van der Waals surface area (Å²) in [5, 5.41) is 3.12. The monoisotopic (exact) mass is 323 g/mol. The number of rotatable bonds is 6. The van der Waals surface area contributed by atoms with Crippen LogP contribution in [0.15, 0.2) is 48.5 Å². The number of nitrogens with one attached hydrogen (secondary N) is 1. The third-order valence-corrected chi connectivity index (χ3v) is 4.84. The zero-order chi connectivity index (χ0) is 16.8. The molecular weight excluding hydrogens is 298 g/mol. The minimum atomic E-state index is 0.133. The number of hydrogen-bond acceptors (Lipinski definition) is 2. The molecule has 0 aromatic heterocycles. The molecule has 0 saturated heterocycles. The topological polar surface area (TPSA) is 38.3 Å². The Morgan fingerprint density at radius 3 is 2.75 bits per heavy atom. The number of aryl methyl sites for hydroxylation is 2. The van der Waals surface area contributed by atoms with E-state index < -0.39 is 0 Å². The van der Waals surface area contributed by atoms with Gasteiger partial charge < -0.3 is 10.1 Å². The zero-order valence-corrected chi connectivity index (χ0v) is 14.3. The molecule has 3 rings (SSSR count). The smallest absolute Gasteiger partial charge is 0.220 e. The summed E-state index contributed by atoms with van der Waals surface area (Å²) in [6, 6.07) is 16.5. The Morgan fingerprint density at radius 2 is 1.96 bits per heavy atom. The molecule has 0 heterocycles. The van der Waals surface area contributed by atoms with Gasteiger partial charge in [-0.3, -0.25) is 4.79 Å². The van der Waals surface area contributed by atoms with Crippen molar-refractivity contribution in [2.24, 2.45) is 0 Å². The highest BCUT2D eigenvalue weighted by molar-refractivity contribution is 5.76. The highest BCUT2D eigenvalue weighted by Crippen LogP contribution is 2.30. The highest BCUT2D eigenvalue weighted by atomic mass is 16.5. The molecule has 126 valence electrons. The van der Waals surface area contributed by atoms with Crippen LogP contribution in [0.2, 0.25) is 0 Å². The summed E-state index contributed by atoms with van der Waals surface area (Å²) in [5.74, 6) is 1.44. The van der Waals surface area contributed by atoms with Crippen LogP contribution in [0.5, 0.6) is 5.75 Å². The van der Waals surface area contributed by atoms with Crippen molar-refractivity contribution in [1.82, 2.24) is 5.32 Å². The molecule has 0 radical (unpaired) electrons. The Hall–Kier alpha value is -2.29. The van der Waals surface area contributed by atoms with Crippen LogP contribution in [0.1, 0.15) is 41.9 Å². The lowest BCUT2D eigenvalue weighted by Crippen LogP contribution is -2.30. The van der Waals surface area contributed by atoms with Gasteiger partial charge in [-0.2, -0.15) is 0 Å². The van der Waals surface area contributed by atoms with Gasteiger partial charge in [-0.15, -0.1) is 0 Å². The normalized spacial score (nSPS) is 16.3. The number of ether oxygens (including phenoxy) is 1. The number of hydrogen-bond donors (Lipinski definition) is 1. The van der Waals surface area contributed by atoms with E-state index in [2.05, 4.69) is 29.6 Å². The molecule has 3 nitrogen and oxygen atoms in total. The van der Waals surface area contributed by atoms with E-state index >= 15 is 0 Å². The second-order valence-corrected chi connectivity index (χ2v) is 6.44. The average Bonchev–Trinajstić information content (AvgIpc) is 2.65. The average molecular weight is 323 g/mol. The van der Waals surface area contributed by atoms with Gasteiger partial charge >= 0.3 is 0 Å². The van der Waals surface area contributed by atoms with Gasteiger partial charge in [0.05, 0.1) is 7.11 Å². The van der Waals surface area contributed by atoms with Crippen LogP contribution >= 0.6 is 0 Å². The molecule has 24 heavy (non-hydrogen) atoms. The van der Waals surface area contributed by atoms with Crippen molar-refractivity contribution in [1.29, 1.82) is 0 Å². The van der Waals surface area contributed by atoms with Crippen molar-refractivity contribution in [3.63, 3.8) is 0 Å². The standard InChI is InChI=1S/C21H25NO2/c1-24-19-12-9-16(10-13-19)11-14-21(23)22-15-18-7-4-6-17-5-2-3-8-20(17)18/h2-3,5,8-10,12-13,18H,4,6-7,11,14-15H2,1H3,(H,22,23). The molecule has 0 fully saturated rings. The molecule has 3 heteroatoms. The van der Waals surface area contributed by atoms with Crippen LogP contribution in [0.4, 0.5) is 0 Å². The van der Waals surface area contributed by atoms with Gasteiger partial charge in [0.2, 0.25) is 5.91 Å². The molecule has 1 unspecified atom stereocenters. The van der Waals surface area contributed by atoms with E-state index in [-0.39, 0.29) is 5.91 Å². The lowest BCUT2D eigenvalue weighted by atomic mass is 9.83. The number of methoxy groups -OCH3 is 1. The van der Waals surface area contributed by atoms with Gasteiger partial charge in [0.25, 0.3) is 0 Å². The van der Waals surface area contributed by atoms with Crippen molar-refractivity contribution in [3.8, 4) is 5.75 Å². The van der Waals surface area contributed by atoms with Crippen LogP contribution in [0.25, 0.3) is 0 Å². The van der Waals surface area contributed by atoms with E-state index in [0.717, 1.165) is 37.1 Å². The fourth-order valence-corrected chi connectivity index (χ4v) is 3.44. The molecule has 1 aliphatic carbocycles. The SMILES string of the molecule is COc1ccc(CCC(=O)NCC2CCCc3ccccc32)cc1. The largest absolute Gasteiger partial charge is 0.497 e. The quantitative estimate of drug-likeness (QED) is 0.876. The van der Waals surface area contributed by atoms with E-state index in [1.807, 2.05) is 24.3 Å². The fraction of sp³-hybridized carbons (Fsp3) is 0.381. The number of fused-ring (bicyclic) bond motifs is 1. The predicted molar refractivity (Wildman–Crippen MR) is 96.4 cm³/mol. The first-order valence-corrected chi connectivity index (χ1v) is 8.73. The first-order valence-electron chi connectivity index (χ1n) is 8.73. The molecule has 0 saturated carbocycles. The first-order chi connectivity index (χ1) is 11.8. The minimum absolute atomic E-state index is 0.133. The van der Waals surface area contributed by atoms with Crippen LogP contribution in [-0.2, 0) is 17.6 Å².